The van der Waals surface area contributed by atoms with Gasteiger partial charge in [0.15, 0.2) is 0 Å². The van der Waals surface area contributed by atoms with Gasteiger partial charge in [0.05, 0.1) is 0 Å². The molecule has 1 atom stereocenters. The summed E-state index contributed by atoms with van der Waals surface area (Å²) < 4.78 is 24.9. The van der Waals surface area contributed by atoms with E-state index in [1.165, 1.54) is 0 Å². The molecule has 0 bridgehead atoms. The third-order valence-corrected chi connectivity index (χ3v) is 2.30. The molecule has 15 heavy (non-hydrogen) atoms. The minimum absolute atomic E-state index is 0.0484. The Labute approximate surface area is 82.9 Å². The van der Waals surface area contributed by atoms with Crippen molar-refractivity contribution < 1.29 is 28.0 Å². The molecule has 0 radical (unpaired) electrons. The summed E-state index contributed by atoms with van der Waals surface area (Å²) in [5, 5.41) is 0.275. The van der Waals surface area contributed by atoms with Gasteiger partial charge < -0.3 is 4.84 Å². The second-order valence-corrected chi connectivity index (χ2v) is 3.51. The lowest BCUT2D eigenvalue weighted by molar-refractivity contribution is -0.199. The lowest BCUT2D eigenvalue weighted by atomic mass is 10.4. The molecule has 1 aliphatic heterocycles. The maximum atomic E-state index is 12.4. The molecule has 1 saturated carbocycles. The van der Waals surface area contributed by atoms with Gasteiger partial charge in [0.1, 0.15) is 5.92 Å². The number of alkyl halides is 2. The summed E-state index contributed by atoms with van der Waals surface area (Å²) >= 11 is 0. The quantitative estimate of drug-likeness (QED) is 0.624. The summed E-state index contributed by atoms with van der Waals surface area (Å²) in [6.45, 7) is 0. The molecular weight excluding hydrogens is 212 g/mol. The number of hydroxylamine groups is 2. The van der Waals surface area contributed by atoms with Crippen molar-refractivity contribution in [3.63, 3.8) is 0 Å². The highest BCUT2D eigenvalue weighted by Crippen LogP contribution is 2.49. The van der Waals surface area contributed by atoms with Crippen LogP contribution in [0.15, 0.2) is 0 Å². The highest BCUT2D eigenvalue weighted by atomic mass is 19.3. The fourth-order valence-electron chi connectivity index (χ4n) is 1.28. The lowest BCUT2D eigenvalue weighted by Gasteiger charge is -2.11. The molecule has 82 valence electrons. The highest BCUT2D eigenvalue weighted by molar-refractivity contribution is 6.01. The molecule has 1 heterocycles. The van der Waals surface area contributed by atoms with Gasteiger partial charge in [-0.2, -0.15) is 0 Å². The van der Waals surface area contributed by atoms with E-state index in [0.29, 0.717) is 0 Å². The second kappa shape index (κ2) is 2.98. The average molecular weight is 219 g/mol. The monoisotopic (exact) mass is 219 g/mol. The van der Waals surface area contributed by atoms with Crippen LogP contribution in [-0.2, 0) is 19.2 Å². The maximum Gasteiger partial charge on any atom is 0.342 e. The van der Waals surface area contributed by atoms with Crippen LogP contribution in [0.2, 0.25) is 0 Å². The van der Waals surface area contributed by atoms with E-state index in [-0.39, 0.29) is 17.9 Å². The Hall–Kier alpha value is -1.53. The highest BCUT2D eigenvalue weighted by Gasteiger charge is 2.63. The molecular formula is C8H7F2NO4. The molecule has 0 aromatic rings. The summed E-state index contributed by atoms with van der Waals surface area (Å²) in [7, 11) is 0. The molecule has 0 aromatic carbocycles. The Bertz CT molecular complexity index is 339. The first kappa shape index (κ1) is 10.0. The molecule has 5 nitrogen and oxygen atoms in total. The molecule has 2 amide bonds. The lowest BCUT2D eigenvalue weighted by Crippen LogP contribution is -2.33. The summed E-state index contributed by atoms with van der Waals surface area (Å²) in [6, 6.07) is 0. The van der Waals surface area contributed by atoms with Crippen LogP contribution in [0.4, 0.5) is 8.78 Å². The van der Waals surface area contributed by atoms with E-state index in [0.717, 1.165) is 0 Å². The minimum Gasteiger partial charge on any atom is -0.330 e. The molecule has 1 aliphatic carbocycles. The van der Waals surface area contributed by atoms with E-state index in [4.69, 9.17) is 0 Å². The van der Waals surface area contributed by atoms with Crippen LogP contribution in [-0.4, -0.2) is 28.8 Å². The van der Waals surface area contributed by atoms with Gasteiger partial charge >= 0.3 is 5.97 Å². The van der Waals surface area contributed by atoms with E-state index >= 15 is 0 Å². The van der Waals surface area contributed by atoms with Crippen LogP contribution < -0.4 is 0 Å². The fraction of sp³-hybridized carbons (Fsp3) is 0.625. The molecule has 7 heteroatoms. The van der Waals surface area contributed by atoms with E-state index in [1.54, 1.807) is 0 Å². The zero-order valence-electron chi connectivity index (χ0n) is 7.53. The normalized spacial score (nSPS) is 28.1. The zero-order valence-corrected chi connectivity index (χ0v) is 7.53. The number of halogens is 2. The number of hydrogen-bond acceptors (Lipinski definition) is 4. The standard InChI is InChI=1S/C8H7F2NO4/c9-8(10)3-4(8)7(14)15-11-5(12)1-2-6(11)13/h4H,1-3H2. The van der Waals surface area contributed by atoms with E-state index in [9.17, 15) is 23.2 Å². The van der Waals surface area contributed by atoms with E-state index in [1.807, 2.05) is 0 Å². The summed E-state index contributed by atoms with van der Waals surface area (Å²) in [4.78, 5) is 37.3. The smallest absolute Gasteiger partial charge is 0.330 e. The number of imide groups is 1. The topological polar surface area (TPSA) is 63.7 Å². The van der Waals surface area contributed by atoms with Crippen LogP contribution in [0.5, 0.6) is 0 Å². The van der Waals surface area contributed by atoms with Gasteiger partial charge in [0.2, 0.25) is 0 Å². The van der Waals surface area contributed by atoms with E-state index in [2.05, 4.69) is 4.84 Å². The van der Waals surface area contributed by atoms with Gasteiger partial charge in [-0.25, -0.2) is 13.6 Å². The van der Waals surface area contributed by atoms with Crippen molar-refractivity contribution >= 4 is 17.8 Å². The number of carbonyl (C=O) groups is 3. The van der Waals surface area contributed by atoms with Crippen molar-refractivity contribution in [2.75, 3.05) is 0 Å². The molecule has 1 saturated heterocycles. The Morgan fingerprint density at radius 3 is 2.20 bits per heavy atom. The van der Waals surface area contributed by atoms with Gasteiger partial charge in [0, 0.05) is 19.3 Å². The molecule has 1 unspecified atom stereocenters. The number of carbonyl (C=O) groups excluding carboxylic acids is 3. The van der Waals surface area contributed by atoms with Gasteiger partial charge in [-0.1, -0.05) is 0 Å². The third-order valence-electron chi connectivity index (χ3n) is 2.30. The van der Waals surface area contributed by atoms with Crippen LogP contribution in [0.25, 0.3) is 0 Å². The van der Waals surface area contributed by atoms with Crippen LogP contribution >= 0.6 is 0 Å². The second-order valence-electron chi connectivity index (χ2n) is 3.51. The molecule has 0 spiro atoms. The number of nitrogens with zero attached hydrogens (tertiary/aromatic N) is 1. The van der Waals surface area contributed by atoms with Crippen molar-refractivity contribution in [1.29, 1.82) is 0 Å². The molecule has 0 N–H and O–H groups in total. The number of amides is 2. The molecule has 2 aliphatic rings. The van der Waals surface area contributed by atoms with Crippen molar-refractivity contribution in [2.45, 2.75) is 25.2 Å². The minimum atomic E-state index is -3.05. The van der Waals surface area contributed by atoms with Gasteiger partial charge in [-0.3, -0.25) is 9.59 Å². The average Bonchev–Trinajstić information content (AvgIpc) is 2.69. The number of rotatable bonds is 2. The third kappa shape index (κ3) is 1.69. The Morgan fingerprint density at radius 2 is 1.80 bits per heavy atom. The van der Waals surface area contributed by atoms with Crippen molar-refractivity contribution in [3.8, 4) is 0 Å². The summed E-state index contributed by atoms with van der Waals surface area (Å²) in [5.41, 5.74) is 0. The van der Waals surface area contributed by atoms with Crippen molar-refractivity contribution in [1.82, 2.24) is 5.06 Å². The Morgan fingerprint density at radius 1 is 1.33 bits per heavy atom. The van der Waals surface area contributed by atoms with Crippen LogP contribution in [0.1, 0.15) is 19.3 Å². The van der Waals surface area contributed by atoms with Crippen LogP contribution in [0, 0.1) is 5.92 Å². The number of hydrogen-bond donors (Lipinski definition) is 0. The summed E-state index contributed by atoms with van der Waals surface area (Å²) in [6.07, 6.45) is -0.678. The van der Waals surface area contributed by atoms with Crippen molar-refractivity contribution in [2.24, 2.45) is 5.92 Å². The zero-order chi connectivity index (χ0) is 11.2. The predicted octanol–water partition coefficient (Wildman–Crippen LogP) is 0.249. The molecule has 0 aromatic heterocycles. The first-order chi connectivity index (χ1) is 6.92. The first-order valence-corrected chi connectivity index (χ1v) is 4.37. The first-order valence-electron chi connectivity index (χ1n) is 4.37. The maximum absolute atomic E-state index is 12.4. The summed E-state index contributed by atoms with van der Waals surface area (Å²) in [5.74, 6) is -7.12. The molecule has 2 fully saturated rings. The Balaban J connectivity index is 1.95. The fourth-order valence-corrected chi connectivity index (χ4v) is 1.28. The predicted molar refractivity (Wildman–Crippen MR) is 40.2 cm³/mol. The van der Waals surface area contributed by atoms with Gasteiger partial charge in [-0.05, 0) is 0 Å². The SMILES string of the molecule is O=C(ON1C(=O)CCC1=O)C1CC1(F)F. The largest absolute Gasteiger partial charge is 0.342 e. The van der Waals surface area contributed by atoms with Crippen molar-refractivity contribution in [3.05, 3.63) is 0 Å². The van der Waals surface area contributed by atoms with Gasteiger partial charge in [-0.15, -0.1) is 5.06 Å². The van der Waals surface area contributed by atoms with Gasteiger partial charge in [0.25, 0.3) is 17.7 Å². The Kier molecular flexibility index (Phi) is 1.99. The molecule has 2 rings (SSSR count). The van der Waals surface area contributed by atoms with E-state index < -0.39 is 36.0 Å². The van der Waals surface area contributed by atoms with Crippen LogP contribution in [0.3, 0.4) is 0 Å².